The van der Waals surface area contributed by atoms with E-state index in [4.69, 9.17) is 4.42 Å². The molecule has 2 aromatic heterocycles. The van der Waals surface area contributed by atoms with Crippen molar-refractivity contribution in [1.82, 2.24) is 4.57 Å². The summed E-state index contributed by atoms with van der Waals surface area (Å²) in [5.74, 6) is 0. The molecule has 1 aliphatic heterocycles. The van der Waals surface area contributed by atoms with E-state index in [0.717, 1.165) is 33.3 Å². The molecule has 0 bridgehead atoms. The van der Waals surface area contributed by atoms with E-state index in [1.807, 2.05) is 0 Å². The molecule has 1 aliphatic carbocycles. The number of rotatable bonds is 3. The summed E-state index contributed by atoms with van der Waals surface area (Å²) >= 11 is 0. The van der Waals surface area contributed by atoms with Gasteiger partial charge in [-0.1, -0.05) is 105 Å². The quantitative estimate of drug-likeness (QED) is 0.194. The molecule has 0 N–H and O–H groups in total. The Morgan fingerprint density at radius 3 is 2.20 bits per heavy atom. The zero-order chi connectivity index (χ0) is 32.6. The lowest BCUT2D eigenvalue weighted by atomic mass is 9.80. The van der Waals surface area contributed by atoms with E-state index in [9.17, 15) is 0 Å². The van der Waals surface area contributed by atoms with Crippen LogP contribution >= 0.6 is 0 Å². The van der Waals surface area contributed by atoms with Crippen LogP contribution in [-0.4, -0.2) is 4.57 Å². The van der Waals surface area contributed by atoms with Crippen LogP contribution in [0.4, 0.5) is 17.1 Å². The Balaban J connectivity index is 1.38. The highest BCUT2D eigenvalue weighted by atomic mass is 16.3. The fraction of sp³-hybridized carbons (Fsp3) is 0.0870. The van der Waals surface area contributed by atoms with Gasteiger partial charge in [-0.2, -0.15) is 0 Å². The van der Waals surface area contributed by atoms with E-state index in [0.29, 0.717) is 0 Å². The molecule has 0 saturated carbocycles. The average Bonchev–Trinajstić information content (AvgIpc) is 3.71. The number of para-hydroxylation sites is 4. The lowest BCUT2D eigenvalue weighted by molar-refractivity contribution is 0.661. The summed E-state index contributed by atoms with van der Waals surface area (Å²) in [6.45, 7) is 7.12. The first-order chi connectivity index (χ1) is 24.0. The van der Waals surface area contributed by atoms with Crippen LogP contribution < -0.4 is 4.90 Å². The standard InChI is InChI=1S/C46H32N2O/c1-27-24-25-33-42-40(27)30-17-8-11-20-35(30)48-34-19-10-7-16-29(34)32-26-37(44(46(33,2)3)43(42)45(32)48)47(28-14-5-4-6-15-28)36-21-13-23-39-41(36)31-18-9-12-22-38(31)49-39/h4-26H,1-3H3. The summed E-state index contributed by atoms with van der Waals surface area (Å²) < 4.78 is 9.02. The first-order valence-electron chi connectivity index (χ1n) is 17.1. The van der Waals surface area contributed by atoms with E-state index < -0.39 is 0 Å². The predicted octanol–water partition coefficient (Wildman–Crippen LogP) is 12.7. The second-order valence-electron chi connectivity index (χ2n) is 14.1. The minimum atomic E-state index is -0.274. The van der Waals surface area contributed by atoms with Crippen molar-refractivity contribution < 1.29 is 4.42 Å². The Labute approximate surface area is 284 Å². The van der Waals surface area contributed by atoms with Crippen molar-refractivity contribution in [3.05, 3.63) is 156 Å². The van der Waals surface area contributed by atoms with Gasteiger partial charge in [-0.05, 0) is 83.3 Å². The molecule has 11 rings (SSSR count). The van der Waals surface area contributed by atoms with E-state index in [-0.39, 0.29) is 5.41 Å². The molecule has 0 saturated heterocycles. The molecule has 0 spiro atoms. The summed E-state index contributed by atoms with van der Waals surface area (Å²) in [6.07, 6.45) is 0. The third kappa shape index (κ3) is 3.32. The van der Waals surface area contributed by atoms with Crippen molar-refractivity contribution in [2.45, 2.75) is 26.2 Å². The van der Waals surface area contributed by atoms with Crippen molar-refractivity contribution in [2.24, 2.45) is 0 Å². The van der Waals surface area contributed by atoms with Gasteiger partial charge in [0.05, 0.1) is 33.5 Å². The minimum Gasteiger partial charge on any atom is -0.456 e. The van der Waals surface area contributed by atoms with Crippen LogP contribution in [-0.2, 0) is 5.41 Å². The Kier molecular flexibility index (Phi) is 5.11. The van der Waals surface area contributed by atoms with Gasteiger partial charge in [-0.25, -0.2) is 0 Å². The highest BCUT2D eigenvalue weighted by Crippen LogP contribution is 2.62. The fourth-order valence-corrected chi connectivity index (χ4v) is 9.19. The van der Waals surface area contributed by atoms with Crippen molar-refractivity contribution in [2.75, 3.05) is 4.90 Å². The third-order valence-electron chi connectivity index (χ3n) is 11.2. The van der Waals surface area contributed by atoms with Gasteiger partial charge in [0, 0.05) is 38.4 Å². The summed E-state index contributed by atoms with van der Waals surface area (Å²) in [5, 5.41) is 4.78. The number of furan rings is 1. The van der Waals surface area contributed by atoms with Gasteiger partial charge in [0.15, 0.2) is 0 Å². The van der Waals surface area contributed by atoms with E-state index in [2.05, 4.69) is 170 Å². The van der Waals surface area contributed by atoms with Crippen LogP contribution in [0.25, 0.3) is 71.7 Å². The molecule has 2 aliphatic rings. The van der Waals surface area contributed by atoms with Gasteiger partial charge < -0.3 is 13.9 Å². The van der Waals surface area contributed by atoms with E-state index >= 15 is 0 Å². The molecule has 0 radical (unpaired) electrons. The maximum Gasteiger partial charge on any atom is 0.137 e. The number of anilines is 3. The van der Waals surface area contributed by atoms with Gasteiger partial charge in [0.1, 0.15) is 11.2 Å². The number of aryl methyl sites for hydroxylation is 1. The molecule has 3 nitrogen and oxygen atoms in total. The van der Waals surface area contributed by atoms with Crippen LogP contribution in [0.15, 0.2) is 144 Å². The average molecular weight is 629 g/mol. The van der Waals surface area contributed by atoms with Gasteiger partial charge in [0.2, 0.25) is 0 Å². The highest BCUT2D eigenvalue weighted by Gasteiger charge is 2.44. The second-order valence-corrected chi connectivity index (χ2v) is 14.1. The number of aromatic nitrogens is 1. The van der Waals surface area contributed by atoms with Crippen molar-refractivity contribution in [3.8, 4) is 27.9 Å². The molecule has 3 heterocycles. The number of hydrogen-bond donors (Lipinski definition) is 0. The van der Waals surface area contributed by atoms with Gasteiger partial charge >= 0.3 is 0 Å². The van der Waals surface area contributed by atoms with Crippen molar-refractivity contribution >= 4 is 60.8 Å². The molecule has 7 aromatic carbocycles. The molecule has 0 amide bonds. The monoisotopic (exact) mass is 628 g/mol. The van der Waals surface area contributed by atoms with Gasteiger partial charge in [-0.15, -0.1) is 0 Å². The third-order valence-corrected chi connectivity index (χ3v) is 11.2. The zero-order valence-corrected chi connectivity index (χ0v) is 27.6. The van der Waals surface area contributed by atoms with E-state index in [1.54, 1.807) is 0 Å². The van der Waals surface area contributed by atoms with Crippen molar-refractivity contribution in [1.29, 1.82) is 0 Å². The fourth-order valence-electron chi connectivity index (χ4n) is 9.19. The Morgan fingerprint density at radius 1 is 0.592 bits per heavy atom. The van der Waals surface area contributed by atoms with Crippen LogP contribution in [0.2, 0.25) is 0 Å². The lowest BCUT2D eigenvalue weighted by Crippen LogP contribution is -2.21. The summed E-state index contributed by atoms with van der Waals surface area (Å²) in [7, 11) is 0. The Morgan fingerprint density at radius 2 is 1.33 bits per heavy atom. The first kappa shape index (κ1) is 26.9. The molecular weight excluding hydrogens is 597 g/mol. The minimum absolute atomic E-state index is 0.274. The Hall–Kier alpha value is -6.06. The molecule has 9 aromatic rings. The highest BCUT2D eigenvalue weighted by molar-refractivity contribution is 6.22. The summed E-state index contributed by atoms with van der Waals surface area (Å²) in [6, 6.07) is 50.9. The van der Waals surface area contributed by atoms with Gasteiger partial charge in [0.25, 0.3) is 0 Å². The summed E-state index contributed by atoms with van der Waals surface area (Å²) in [4.78, 5) is 2.50. The van der Waals surface area contributed by atoms with Crippen LogP contribution in [0.1, 0.15) is 30.5 Å². The van der Waals surface area contributed by atoms with Crippen LogP contribution in [0, 0.1) is 6.92 Å². The molecule has 49 heavy (non-hydrogen) atoms. The topological polar surface area (TPSA) is 21.3 Å². The lowest BCUT2D eigenvalue weighted by Gasteiger charge is -2.33. The molecule has 0 unspecified atom stereocenters. The zero-order valence-electron chi connectivity index (χ0n) is 27.6. The molecular formula is C46H32N2O. The number of fused-ring (bicyclic) bond motifs is 9. The Bertz CT molecular complexity index is 2870. The maximum absolute atomic E-state index is 6.47. The number of benzene rings is 7. The van der Waals surface area contributed by atoms with E-state index in [1.165, 1.54) is 72.1 Å². The predicted molar refractivity (Wildman–Crippen MR) is 204 cm³/mol. The SMILES string of the molecule is Cc1ccc2c3c1-c1ccccc1-n1c4ccccc4c4cc(N(c5ccccc5)c5cccc6oc7ccccc7c56)c(c-3c41)C2(C)C. The largest absolute Gasteiger partial charge is 0.456 e. The smallest absolute Gasteiger partial charge is 0.137 e. The second kappa shape index (κ2) is 9.30. The molecule has 0 atom stereocenters. The maximum atomic E-state index is 6.47. The first-order valence-corrected chi connectivity index (χ1v) is 17.1. The number of hydrogen-bond acceptors (Lipinski definition) is 2. The molecule has 0 fully saturated rings. The molecule has 232 valence electrons. The normalized spacial score (nSPS) is 13.8. The van der Waals surface area contributed by atoms with Crippen LogP contribution in [0.5, 0.6) is 0 Å². The number of nitrogens with zero attached hydrogens (tertiary/aromatic N) is 2. The molecule has 3 heteroatoms. The summed E-state index contributed by atoms with van der Waals surface area (Å²) in [5.41, 5.74) is 18.1. The van der Waals surface area contributed by atoms with Gasteiger partial charge in [-0.3, -0.25) is 0 Å². The van der Waals surface area contributed by atoms with Crippen molar-refractivity contribution in [3.63, 3.8) is 0 Å². The van der Waals surface area contributed by atoms with Crippen LogP contribution in [0.3, 0.4) is 0 Å².